The Bertz CT molecular complexity index is 562. The predicted molar refractivity (Wildman–Crippen MR) is 80.6 cm³/mol. The molecule has 0 fully saturated rings. The number of furan rings is 1. The lowest BCUT2D eigenvalue weighted by molar-refractivity contribution is 0.604. The largest absolute Gasteiger partial charge is 0.457 e. The minimum absolute atomic E-state index is 0.877. The van der Waals surface area contributed by atoms with Crippen LogP contribution in [0.4, 0.5) is 0 Å². The smallest absolute Gasteiger partial charge is 0.134 e. The molecule has 0 saturated carbocycles. The van der Waals surface area contributed by atoms with E-state index in [2.05, 4.69) is 44.6 Å². The lowest BCUT2D eigenvalue weighted by Crippen LogP contribution is -1.66. The molecule has 0 unspecified atom stereocenters. The van der Waals surface area contributed by atoms with Crippen molar-refractivity contribution in [2.24, 2.45) is 0 Å². The summed E-state index contributed by atoms with van der Waals surface area (Å²) in [6.45, 7) is 1.99. The van der Waals surface area contributed by atoms with Gasteiger partial charge in [0.05, 0.1) is 0 Å². The zero-order valence-electron chi connectivity index (χ0n) is 8.71. The van der Waals surface area contributed by atoms with Gasteiger partial charge in [0, 0.05) is 8.96 Å². The third-order valence-corrected chi connectivity index (χ3v) is 3.02. The van der Waals surface area contributed by atoms with Crippen molar-refractivity contribution in [1.82, 2.24) is 0 Å². The van der Waals surface area contributed by atoms with Gasteiger partial charge in [-0.15, -0.1) is 0 Å². The Morgan fingerprint density at radius 1 is 1.38 bits per heavy atom. The van der Waals surface area contributed by atoms with E-state index in [-0.39, 0.29) is 0 Å². The van der Waals surface area contributed by atoms with E-state index in [1.807, 2.05) is 43.4 Å². The molecule has 1 nitrogen and oxygen atoms in total. The average molecular weight is 389 g/mol. The van der Waals surface area contributed by atoms with E-state index in [0.717, 1.165) is 21.2 Å². The van der Waals surface area contributed by atoms with E-state index in [1.54, 1.807) is 0 Å². The van der Waals surface area contributed by atoms with Crippen LogP contribution in [0.25, 0.3) is 17.0 Å². The minimum atomic E-state index is 0.877. The number of rotatable bonds is 2. The first kappa shape index (κ1) is 11.9. The van der Waals surface area contributed by atoms with Crippen molar-refractivity contribution in [2.75, 3.05) is 0 Å². The first-order valence-electron chi connectivity index (χ1n) is 4.85. The molecule has 0 spiro atoms. The number of allylic oxidation sites excluding steroid dienone is 3. The highest BCUT2D eigenvalue weighted by molar-refractivity contribution is 14.1. The van der Waals surface area contributed by atoms with Crippen LogP contribution in [0.1, 0.15) is 12.7 Å². The number of fused-ring (bicyclic) bond motifs is 1. The van der Waals surface area contributed by atoms with Crippen molar-refractivity contribution in [3.05, 3.63) is 50.2 Å². The van der Waals surface area contributed by atoms with E-state index in [0.29, 0.717) is 0 Å². The lowest BCUT2D eigenvalue weighted by Gasteiger charge is -1.87. The Balaban J connectivity index is 2.33. The maximum Gasteiger partial charge on any atom is 0.134 e. The summed E-state index contributed by atoms with van der Waals surface area (Å²) in [5, 5.41) is 1.14. The summed E-state index contributed by atoms with van der Waals surface area (Å²) >= 11 is 5.67. The lowest BCUT2D eigenvalue weighted by atomic mass is 10.2. The van der Waals surface area contributed by atoms with Crippen LogP contribution in [0.3, 0.4) is 0 Å². The molecule has 0 aliphatic heterocycles. The Hall–Kier alpha value is -0.550. The van der Waals surface area contributed by atoms with E-state index in [1.165, 1.54) is 3.57 Å². The molecule has 2 rings (SSSR count). The van der Waals surface area contributed by atoms with Gasteiger partial charge in [0.1, 0.15) is 11.3 Å². The molecular weight excluding hydrogens is 379 g/mol. The van der Waals surface area contributed by atoms with Gasteiger partial charge >= 0.3 is 0 Å². The maximum atomic E-state index is 5.67. The van der Waals surface area contributed by atoms with E-state index in [9.17, 15) is 0 Å². The number of benzene rings is 1. The summed E-state index contributed by atoms with van der Waals surface area (Å²) in [6.07, 6.45) is 5.90. The first-order valence-corrected chi connectivity index (χ1v) is 6.72. The molecule has 0 aliphatic rings. The van der Waals surface area contributed by atoms with Crippen molar-refractivity contribution in [3.63, 3.8) is 0 Å². The van der Waals surface area contributed by atoms with Crippen molar-refractivity contribution in [2.45, 2.75) is 6.92 Å². The summed E-state index contributed by atoms with van der Waals surface area (Å²) in [4.78, 5) is 0. The third-order valence-electron chi connectivity index (χ3n) is 2.08. The molecule has 0 saturated heterocycles. The Morgan fingerprint density at radius 2 is 2.19 bits per heavy atom. The van der Waals surface area contributed by atoms with Gasteiger partial charge in [0.15, 0.2) is 0 Å². The highest BCUT2D eigenvalue weighted by atomic mass is 127. The number of hydrogen-bond donors (Lipinski definition) is 0. The molecule has 1 heterocycles. The summed E-state index contributed by atoms with van der Waals surface area (Å²) in [5.41, 5.74) is 0.930. The number of hydrogen-bond acceptors (Lipinski definition) is 1. The fourth-order valence-electron chi connectivity index (χ4n) is 1.39. The molecule has 82 valence electrons. The van der Waals surface area contributed by atoms with Gasteiger partial charge < -0.3 is 4.42 Å². The Labute approximate surface area is 116 Å². The van der Waals surface area contributed by atoms with Crippen LogP contribution in [0.2, 0.25) is 0 Å². The molecule has 0 amide bonds. The molecule has 0 aliphatic carbocycles. The quantitative estimate of drug-likeness (QED) is 0.499. The van der Waals surface area contributed by atoms with Crippen LogP contribution in [-0.4, -0.2) is 0 Å². The van der Waals surface area contributed by atoms with E-state index in [4.69, 9.17) is 4.42 Å². The van der Waals surface area contributed by atoms with Crippen LogP contribution < -0.4 is 0 Å². The van der Waals surface area contributed by atoms with Gasteiger partial charge in [0.25, 0.3) is 0 Å². The van der Waals surface area contributed by atoms with Crippen LogP contribution in [0.5, 0.6) is 0 Å². The van der Waals surface area contributed by atoms with Crippen LogP contribution >= 0.6 is 38.5 Å². The van der Waals surface area contributed by atoms with E-state index >= 15 is 0 Å². The Morgan fingerprint density at radius 3 is 2.94 bits per heavy atom. The molecule has 2 aromatic rings. The van der Waals surface area contributed by atoms with Gasteiger partial charge in [-0.2, -0.15) is 0 Å². The highest BCUT2D eigenvalue weighted by Crippen LogP contribution is 2.22. The van der Waals surface area contributed by atoms with Crippen LogP contribution in [0.15, 0.2) is 45.3 Å². The van der Waals surface area contributed by atoms with Gasteiger partial charge in [-0.25, -0.2) is 0 Å². The molecule has 0 atom stereocenters. The van der Waals surface area contributed by atoms with Gasteiger partial charge in [0.2, 0.25) is 0 Å². The monoisotopic (exact) mass is 388 g/mol. The first-order chi connectivity index (χ1) is 7.65. The summed E-state index contributed by atoms with van der Waals surface area (Å²) < 4.78 is 7.98. The minimum Gasteiger partial charge on any atom is -0.457 e. The SMILES string of the molecule is C/C(Br)=C\C=C/c1cc2cc(I)ccc2o1. The van der Waals surface area contributed by atoms with E-state index < -0.39 is 0 Å². The van der Waals surface area contributed by atoms with Crippen molar-refractivity contribution in [3.8, 4) is 0 Å². The second-order valence-corrected chi connectivity index (χ2v) is 5.94. The van der Waals surface area contributed by atoms with Crippen LogP contribution in [-0.2, 0) is 0 Å². The summed E-state index contributed by atoms with van der Waals surface area (Å²) in [6, 6.07) is 8.20. The molecule has 3 heteroatoms. The maximum absolute atomic E-state index is 5.67. The zero-order valence-corrected chi connectivity index (χ0v) is 12.4. The van der Waals surface area contributed by atoms with Crippen LogP contribution in [0, 0.1) is 3.57 Å². The molecule has 0 bridgehead atoms. The average Bonchev–Trinajstić information content (AvgIpc) is 2.58. The third kappa shape index (κ3) is 2.98. The second-order valence-electron chi connectivity index (χ2n) is 3.44. The zero-order chi connectivity index (χ0) is 11.5. The summed E-state index contributed by atoms with van der Waals surface area (Å²) in [7, 11) is 0. The molecule has 0 N–H and O–H groups in total. The molecule has 0 radical (unpaired) electrons. The molecule has 1 aromatic carbocycles. The van der Waals surface area contributed by atoms with Crippen molar-refractivity contribution >= 4 is 55.6 Å². The molecule has 16 heavy (non-hydrogen) atoms. The second kappa shape index (κ2) is 5.19. The van der Waals surface area contributed by atoms with Gasteiger partial charge in [-0.3, -0.25) is 0 Å². The molecule has 1 aromatic heterocycles. The van der Waals surface area contributed by atoms with Gasteiger partial charge in [-0.05, 0) is 64.3 Å². The molecular formula is C13H10BrIO. The standard InChI is InChI=1S/C13H10BrIO/c1-9(14)3-2-4-12-8-10-7-11(15)5-6-13(10)16-12/h2-8H,1H3/b4-2-,9-3+. The normalized spacial score (nSPS) is 12.8. The summed E-state index contributed by atoms with van der Waals surface area (Å²) in [5.74, 6) is 0.877. The fourth-order valence-corrected chi connectivity index (χ4v) is 2.06. The van der Waals surface area contributed by atoms with Crippen molar-refractivity contribution in [1.29, 1.82) is 0 Å². The highest BCUT2D eigenvalue weighted by Gasteiger charge is 2.00. The van der Waals surface area contributed by atoms with Gasteiger partial charge in [-0.1, -0.05) is 28.1 Å². The van der Waals surface area contributed by atoms with Crippen molar-refractivity contribution < 1.29 is 4.42 Å². The predicted octanol–water partition coefficient (Wildman–Crippen LogP) is 5.35. The topological polar surface area (TPSA) is 13.1 Å². The number of halogens is 2. The fraction of sp³-hybridized carbons (Fsp3) is 0.0769. The Kier molecular flexibility index (Phi) is 3.86.